The highest BCUT2D eigenvalue weighted by molar-refractivity contribution is 9.10. The lowest BCUT2D eigenvalue weighted by molar-refractivity contribution is -0.138. The van der Waals surface area contributed by atoms with Crippen molar-refractivity contribution in [2.45, 2.75) is 18.3 Å². The van der Waals surface area contributed by atoms with Crippen LogP contribution in [0, 0.1) is 0 Å². The minimum absolute atomic E-state index is 0.253. The number of ether oxygens (including phenoxy) is 2. The van der Waals surface area contributed by atoms with Crippen LogP contribution in [-0.2, 0) is 16.2 Å². The van der Waals surface area contributed by atoms with E-state index in [4.69, 9.17) is 14.6 Å². The summed E-state index contributed by atoms with van der Waals surface area (Å²) >= 11 is 4.44. The van der Waals surface area contributed by atoms with Crippen LogP contribution in [-0.4, -0.2) is 40.7 Å². The third kappa shape index (κ3) is 5.83. The Bertz CT molecular complexity index is 994. The van der Waals surface area contributed by atoms with Gasteiger partial charge in [-0.05, 0) is 29.8 Å². The molecule has 0 bridgehead atoms. The smallest absolute Gasteiger partial charge is 0.305 e. The van der Waals surface area contributed by atoms with E-state index in [1.54, 1.807) is 25.3 Å². The lowest BCUT2D eigenvalue weighted by Gasteiger charge is -2.13. The van der Waals surface area contributed by atoms with Gasteiger partial charge in [-0.25, -0.2) is 0 Å². The molecule has 0 aromatic heterocycles. The fourth-order valence-electron chi connectivity index (χ4n) is 2.57. The molecule has 0 aliphatic carbocycles. The fraction of sp³-hybridized carbons (Fsp3) is 0.200. The van der Waals surface area contributed by atoms with Gasteiger partial charge in [0.25, 0.3) is 0 Å². The van der Waals surface area contributed by atoms with Crippen molar-refractivity contribution < 1.29 is 24.2 Å². The van der Waals surface area contributed by atoms with Gasteiger partial charge in [-0.2, -0.15) is 5.10 Å². The summed E-state index contributed by atoms with van der Waals surface area (Å²) in [5.41, 5.74) is 1.63. The molecule has 0 spiro atoms. The minimum atomic E-state index is -1.05. The van der Waals surface area contributed by atoms with E-state index in [0.29, 0.717) is 23.7 Å². The maximum atomic E-state index is 11.8. The van der Waals surface area contributed by atoms with Gasteiger partial charge < -0.3 is 19.9 Å². The van der Waals surface area contributed by atoms with Crippen molar-refractivity contribution in [1.29, 1.82) is 0 Å². The zero-order valence-corrected chi connectivity index (χ0v) is 18.3. The molecule has 1 fully saturated rings. The molecular weight excluding hydrogens is 474 g/mol. The number of carbonyl (C=O) groups excluding carboxylic acids is 1. The maximum absolute atomic E-state index is 11.8. The summed E-state index contributed by atoms with van der Waals surface area (Å²) in [6, 6.07) is 13.2. The number of aliphatic carboxylic acids is 1. The van der Waals surface area contributed by atoms with Crippen molar-refractivity contribution in [2.75, 3.05) is 7.11 Å². The van der Waals surface area contributed by atoms with E-state index >= 15 is 0 Å². The molecule has 1 aliphatic heterocycles. The molecule has 1 saturated heterocycles. The van der Waals surface area contributed by atoms with Crippen molar-refractivity contribution in [1.82, 2.24) is 5.32 Å². The number of thioether (sulfide) groups is 1. The monoisotopic (exact) mass is 491 g/mol. The van der Waals surface area contributed by atoms with E-state index in [9.17, 15) is 9.59 Å². The van der Waals surface area contributed by atoms with E-state index in [1.165, 1.54) is 6.21 Å². The van der Waals surface area contributed by atoms with Crippen molar-refractivity contribution in [2.24, 2.45) is 10.2 Å². The van der Waals surface area contributed by atoms with E-state index in [2.05, 4.69) is 31.4 Å². The summed E-state index contributed by atoms with van der Waals surface area (Å²) in [5, 5.41) is 18.9. The topological polar surface area (TPSA) is 110 Å². The number of hydrogen-bond acceptors (Lipinski definition) is 7. The summed E-state index contributed by atoms with van der Waals surface area (Å²) in [5.74, 6) is -0.375. The Hall–Kier alpha value is -2.85. The molecule has 1 amide bonds. The van der Waals surface area contributed by atoms with Crippen molar-refractivity contribution in [3.05, 3.63) is 58.1 Å². The first-order valence-corrected chi connectivity index (χ1v) is 10.5. The van der Waals surface area contributed by atoms with Gasteiger partial charge in [-0.1, -0.05) is 45.9 Å². The number of halogens is 1. The van der Waals surface area contributed by atoms with Gasteiger partial charge in [-0.3, -0.25) is 9.59 Å². The molecule has 1 aliphatic rings. The van der Waals surface area contributed by atoms with Gasteiger partial charge in [0.05, 0.1) is 19.7 Å². The number of benzene rings is 2. The summed E-state index contributed by atoms with van der Waals surface area (Å²) in [6.45, 7) is 0.339. The van der Waals surface area contributed by atoms with Gasteiger partial charge >= 0.3 is 5.97 Å². The molecule has 2 N–H and O–H groups in total. The van der Waals surface area contributed by atoms with Crippen LogP contribution in [0.5, 0.6) is 11.5 Å². The highest BCUT2D eigenvalue weighted by Gasteiger charge is 2.32. The number of methoxy groups -OCH3 is 1. The van der Waals surface area contributed by atoms with Crippen LogP contribution >= 0.6 is 27.7 Å². The number of carboxylic acids is 1. The zero-order chi connectivity index (χ0) is 21.5. The summed E-state index contributed by atoms with van der Waals surface area (Å²) in [6.07, 6.45) is 1.22. The normalized spacial score (nSPS) is 17.3. The average Bonchev–Trinajstić information content (AvgIpc) is 3.06. The molecule has 156 valence electrons. The van der Waals surface area contributed by atoms with Crippen LogP contribution in [0.1, 0.15) is 17.5 Å². The lowest BCUT2D eigenvalue weighted by atomic mass is 10.2. The highest BCUT2D eigenvalue weighted by Crippen LogP contribution is 2.31. The predicted octanol–water partition coefficient (Wildman–Crippen LogP) is 3.43. The first-order valence-electron chi connectivity index (χ1n) is 8.81. The Balaban J connectivity index is 1.73. The van der Waals surface area contributed by atoms with Crippen molar-refractivity contribution in [3.63, 3.8) is 0 Å². The fourth-order valence-corrected chi connectivity index (χ4v) is 3.75. The van der Waals surface area contributed by atoms with Crippen LogP contribution in [0.25, 0.3) is 0 Å². The molecule has 3 rings (SSSR count). The van der Waals surface area contributed by atoms with Crippen molar-refractivity contribution in [3.8, 4) is 11.5 Å². The number of carboxylic acid groups (broad SMARTS) is 1. The number of nitrogens with one attached hydrogen (secondary N) is 1. The number of amides is 1. The maximum Gasteiger partial charge on any atom is 0.305 e. The number of para-hydroxylation sites is 1. The Labute approximate surface area is 185 Å². The summed E-state index contributed by atoms with van der Waals surface area (Å²) in [7, 11) is 1.55. The average molecular weight is 492 g/mol. The Kier molecular flexibility index (Phi) is 7.47. The first-order chi connectivity index (χ1) is 14.5. The molecule has 0 saturated carbocycles. The van der Waals surface area contributed by atoms with E-state index in [1.807, 2.05) is 24.3 Å². The van der Waals surface area contributed by atoms with Gasteiger partial charge in [0.1, 0.15) is 11.9 Å². The second-order valence-electron chi connectivity index (χ2n) is 6.14. The molecule has 1 unspecified atom stereocenters. The Morgan fingerprint density at radius 3 is 2.77 bits per heavy atom. The minimum Gasteiger partial charge on any atom is -0.493 e. The van der Waals surface area contributed by atoms with Crippen LogP contribution in [0.3, 0.4) is 0 Å². The Morgan fingerprint density at radius 1 is 1.30 bits per heavy atom. The Morgan fingerprint density at radius 2 is 2.07 bits per heavy atom. The third-order valence-electron chi connectivity index (χ3n) is 4.01. The van der Waals surface area contributed by atoms with Gasteiger partial charge in [0.15, 0.2) is 16.7 Å². The predicted molar refractivity (Wildman–Crippen MR) is 118 cm³/mol. The quantitative estimate of drug-likeness (QED) is 0.432. The summed E-state index contributed by atoms with van der Waals surface area (Å²) in [4.78, 5) is 22.6. The van der Waals surface area contributed by atoms with Crippen LogP contribution < -0.4 is 14.8 Å². The van der Waals surface area contributed by atoms with E-state index < -0.39 is 17.1 Å². The first kappa shape index (κ1) is 21.8. The number of rotatable bonds is 8. The number of amidine groups is 1. The van der Waals surface area contributed by atoms with Gasteiger partial charge in [0, 0.05) is 10.0 Å². The van der Waals surface area contributed by atoms with Gasteiger partial charge in [-0.15, -0.1) is 5.10 Å². The molecule has 0 radical (unpaired) electrons. The van der Waals surface area contributed by atoms with E-state index in [-0.39, 0.29) is 11.6 Å². The molecule has 2 aromatic carbocycles. The highest BCUT2D eigenvalue weighted by atomic mass is 79.9. The molecule has 8 nitrogen and oxygen atoms in total. The second-order valence-corrected chi connectivity index (χ2v) is 8.24. The molecular formula is C20H18BrN3O5S. The second kappa shape index (κ2) is 10.3. The van der Waals surface area contributed by atoms with Crippen LogP contribution in [0.15, 0.2) is 57.1 Å². The number of nitrogens with zero attached hydrogens (tertiary/aromatic N) is 2. The van der Waals surface area contributed by atoms with E-state index in [0.717, 1.165) is 21.8 Å². The SMILES string of the molecule is COc1cccc(/C=N/N=C2\NC(=O)C(CC(=O)O)S2)c1OCc1ccc(Br)cc1. The third-order valence-corrected chi connectivity index (χ3v) is 5.61. The number of carbonyl (C=O) groups is 2. The molecule has 1 heterocycles. The molecule has 2 aromatic rings. The summed E-state index contributed by atoms with van der Waals surface area (Å²) < 4.78 is 12.3. The molecule has 10 heteroatoms. The molecule has 1 atom stereocenters. The zero-order valence-electron chi connectivity index (χ0n) is 15.9. The standard InChI is InChI=1S/C20H18BrN3O5S/c1-28-15-4-2-3-13(18(15)29-11-12-5-7-14(21)8-6-12)10-22-24-20-23-19(27)16(30-20)9-17(25)26/h2-8,10,16H,9,11H2,1H3,(H,25,26)(H,23,24,27)/b22-10+. The largest absolute Gasteiger partial charge is 0.493 e. The van der Waals surface area contributed by atoms with Crippen LogP contribution in [0.2, 0.25) is 0 Å². The van der Waals surface area contributed by atoms with Crippen molar-refractivity contribution >= 4 is 51.0 Å². The van der Waals surface area contributed by atoms with Crippen LogP contribution in [0.4, 0.5) is 0 Å². The van der Waals surface area contributed by atoms with Gasteiger partial charge in [0.2, 0.25) is 5.91 Å². The lowest BCUT2D eigenvalue weighted by Crippen LogP contribution is -2.26. The number of hydrogen-bond donors (Lipinski definition) is 2. The molecule has 30 heavy (non-hydrogen) atoms.